The highest BCUT2D eigenvalue weighted by atomic mass is 14.9. The summed E-state index contributed by atoms with van der Waals surface area (Å²) in [5.74, 6) is 2.83. The maximum Gasteiger partial charge on any atom is 0.0691 e. The predicted molar refractivity (Wildman–Crippen MR) is 70.1 cm³/mol. The van der Waals surface area contributed by atoms with Crippen molar-refractivity contribution in [3.8, 4) is 12.3 Å². The molecule has 0 amide bonds. The average molecular weight is 215 g/mol. The van der Waals surface area contributed by atoms with Gasteiger partial charge in [0.05, 0.1) is 6.04 Å². The molecule has 0 saturated carbocycles. The van der Waals surface area contributed by atoms with E-state index in [-0.39, 0.29) is 6.04 Å². The molecular formula is C15H21N. The van der Waals surface area contributed by atoms with Crippen LogP contribution in [0, 0.1) is 12.3 Å². The Morgan fingerprint density at radius 3 is 2.44 bits per heavy atom. The number of hydrogen-bond acceptors (Lipinski definition) is 1. The van der Waals surface area contributed by atoms with Gasteiger partial charge in [-0.15, -0.1) is 6.42 Å². The number of rotatable bonds is 6. The fourth-order valence-electron chi connectivity index (χ4n) is 1.88. The van der Waals surface area contributed by atoms with Crippen molar-refractivity contribution in [1.82, 2.24) is 5.32 Å². The third-order valence-electron chi connectivity index (χ3n) is 2.79. The Balaban J connectivity index is 2.65. The summed E-state index contributed by atoms with van der Waals surface area (Å²) in [6.45, 7) is 4.35. The van der Waals surface area contributed by atoms with Crippen molar-refractivity contribution in [3.63, 3.8) is 0 Å². The standard InChI is InChI=1S/C15H21N/c1-4-10-14(5-2)16-15(6-3)13-11-8-7-9-12-13/h2,7-9,11-12,14-16H,4,6,10H2,1,3H3. The second-order valence-electron chi connectivity index (χ2n) is 4.05. The van der Waals surface area contributed by atoms with Crippen LogP contribution >= 0.6 is 0 Å². The molecule has 0 aliphatic heterocycles. The molecule has 16 heavy (non-hydrogen) atoms. The smallest absolute Gasteiger partial charge is 0.0691 e. The zero-order valence-electron chi connectivity index (χ0n) is 10.2. The summed E-state index contributed by atoms with van der Waals surface area (Å²) >= 11 is 0. The topological polar surface area (TPSA) is 12.0 Å². The molecule has 2 atom stereocenters. The van der Waals surface area contributed by atoms with E-state index in [1.165, 1.54) is 5.56 Å². The zero-order chi connectivity index (χ0) is 11.8. The SMILES string of the molecule is C#CC(CCC)NC(CC)c1ccccc1. The van der Waals surface area contributed by atoms with Crippen molar-refractivity contribution >= 4 is 0 Å². The first kappa shape index (κ1) is 12.8. The first-order chi connectivity index (χ1) is 7.81. The average Bonchev–Trinajstić information content (AvgIpc) is 2.35. The van der Waals surface area contributed by atoms with Crippen LogP contribution in [0.2, 0.25) is 0 Å². The van der Waals surface area contributed by atoms with Crippen LogP contribution in [-0.2, 0) is 0 Å². The second-order valence-corrected chi connectivity index (χ2v) is 4.05. The minimum atomic E-state index is 0.190. The first-order valence-corrected chi connectivity index (χ1v) is 6.08. The lowest BCUT2D eigenvalue weighted by Gasteiger charge is -2.21. The van der Waals surface area contributed by atoms with Gasteiger partial charge in [-0.25, -0.2) is 0 Å². The van der Waals surface area contributed by atoms with Gasteiger partial charge in [0.15, 0.2) is 0 Å². The van der Waals surface area contributed by atoms with Gasteiger partial charge in [0, 0.05) is 6.04 Å². The molecule has 0 aliphatic carbocycles. The summed E-state index contributed by atoms with van der Waals surface area (Å²) in [5.41, 5.74) is 1.32. The van der Waals surface area contributed by atoms with E-state index in [4.69, 9.17) is 6.42 Å². The molecular weight excluding hydrogens is 194 g/mol. The summed E-state index contributed by atoms with van der Waals surface area (Å²) in [6, 6.07) is 11.1. The van der Waals surface area contributed by atoms with Crippen LogP contribution in [0.3, 0.4) is 0 Å². The van der Waals surface area contributed by atoms with Crippen molar-refractivity contribution in [2.24, 2.45) is 0 Å². The minimum absolute atomic E-state index is 0.190. The van der Waals surface area contributed by atoms with Gasteiger partial charge >= 0.3 is 0 Å². The van der Waals surface area contributed by atoms with Crippen LogP contribution in [0.25, 0.3) is 0 Å². The maximum absolute atomic E-state index is 5.53. The van der Waals surface area contributed by atoms with E-state index >= 15 is 0 Å². The quantitative estimate of drug-likeness (QED) is 0.716. The number of terminal acetylenes is 1. The molecule has 86 valence electrons. The summed E-state index contributed by atoms with van der Waals surface area (Å²) < 4.78 is 0. The molecule has 1 aromatic carbocycles. The van der Waals surface area contributed by atoms with Gasteiger partial charge in [0.2, 0.25) is 0 Å². The lowest BCUT2D eigenvalue weighted by molar-refractivity contribution is 0.460. The van der Waals surface area contributed by atoms with Crippen molar-refractivity contribution in [2.45, 2.75) is 45.2 Å². The van der Waals surface area contributed by atoms with Gasteiger partial charge in [-0.05, 0) is 18.4 Å². The van der Waals surface area contributed by atoms with Crippen molar-refractivity contribution in [1.29, 1.82) is 0 Å². The molecule has 0 saturated heterocycles. The van der Waals surface area contributed by atoms with Crippen LogP contribution in [0.15, 0.2) is 30.3 Å². The molecule has 1 aromatic rings. The van der Waals surface area contributed by atoms with Gasteiger partial charge < -0.3 is 0 Å². The molecule has 0 spiro atoms. The molecule has 0 fully saturated rings. The predicted octanol–water partition coefficient (Wildman–Crippen LogP) is 3.53. The summed E-state index contributed by atoms with van der Waals surface area (Å²) in [6.07, 6.45) is 8.75. The highest BCUT2D eigenvalue weighted by Crippen LogP contribution is 2.17. The number of benzene rings is 1. The van der Waals surface area contributed by atoms with E-state index in [2.05, 4.69) is 49.4 Å². The summed E-state index contributed by atoms with van der Waals surface area (Å²) in [4.78, 5) is 0. The fourth-order valence-corrected chi connectivity index (χ4v) is 1.88. The Hall–Kier alpha value is -1.26. The van der Waals surface area contributed by atoms with Crippen molar-refractivity contribution in [2.75, 3.05) is 0 Å². The zero-order valence-corrected chi connectivity index (χ0v) is 10.2. The molecule has 0 bridgehead atoms. The van der Waals surface area contributed by atoms with E-state index in [9.17, 15) is 0 Å². The van der Waals surface area contributed by atoms with Crippen LogP contribution in [0.1, 0.15) is 44.7 Å². The molecule has 2 unspecified atom stereocenters. The third kappa shape index (κ3) is 3.72. The van der Waals surface area contributed by atoms with Gasteiger partial charge in [0.1, 0.15) is 0 Å². The Morgan fingerprint density at radius 1 is 1.25 bits per heavy atom. The molecule has 0 aliphatic rings. The van der Waals surface area contributed by atoms with Gasteiger partial charge in [-0.3, -0.25) is 5.32 Å². The van der Waals surface area contributed by atoms with Crippen LogP contribution < -0.4 is 5.32 Å². The van der Waals surface area contributed by atoms with Crippen LogP contribution in [-0.4, -0.2) is 6.04 Å². The Labute approximate surface area is 99.3 Å². The monoisotopic (exact) mass is 215 g/mol. The second kappa shape index (κ2) is 7.09. The molecule has 1 N–H and O–H groups in total. The van der Waals surface area contributed by atoms with Crippen LogP contribution in [0.4, 0.5) is 0 Å². The number of hydrogen-bond donors (Lipinski definition) is 1. The lowest BCUT2D eigenvalue weighted by Crippen LogP contribution is -2.31. The van der Waals surface area contributed by atoms with Gasteiger partial charge in [-0.2, -0.15) is 0 Å². The molecule has 1 heteroatoms. The Kier molecular flexibility index (Phi) is 5.67. The highest BCUT2D eigenvalue weighted by molar-refractivity contribution is 5.19. The van der Waals surface area contributed by atoms with E-state index in [1.807, 2.05) is 6.07 Å². The molecule has 0 heterocycles. The molecule has 1 nitrogen and oxygen atoms in total. The van der Waals surface area contributed by atoms with E-state index in [0.717, 1.165) is 19.3 Å². The Bertz CT molecular complexity index is 323. The third-order valence-corrected chi connectivity index (χ3v) is 2.79. The minimum Gasteiger partial charge on any atom is -0.297 e. The fraction of sp³-hybridized carbons (Fsp3) is 0.467. The molecule has 1 rings (SSSR count). The maximum atomic E-state index is 5.53. The van der Waals surface area contributed by atoms with Crippen molar-refractivity contribution in [3.05, 3.63) is 35.9 Å². The summed E-state index contributed by atoms with van der Waals surface area (Å²) in [5, 5.41) is 3.53. The largest absolute Gasteiger partial charge is 0.297 e. The van der Waals surface area contributed by atoms with Crippen LogP contribution in [0.5, 0.6) is 0 Å². The van der Waals surface area contributed by atoms with E-state index in [0.29, 0.717) is 6.04 Å². The summed E-state index contributed by atoms with van der Waals surface area (Å²) in [7, 11) is 0. The Morgan fingerprint density at radius 2 is 1.94 bits per heavy atom. The van der Waals surface area contributed by atoms with E-state index < -0.39 is 0 Å². The highest BCUT2D eigenvalue weighted by Gasteiger charge is 2.12. The van der Waals surface area contributed by atoms with Gasteiger partial charge in [0.25, 0.3) is 0 Å². The van der Waals surface area contributed by atoms with E-state index in [1.54, 1.807) is 0 Å². The normalized spacial score (nSPS) is 14.1. The molecule has 0 aromatic heterocycles. The van der Waals surface area contributed by atoms with Gasteiger partial charge in [-0.1, -0.05) is 56.5 Å². The first-order valence-electron chi connectivity index (χ1n) is 6.08. The van der Waals surface area contributed by atoms with Crippen molar-refractivity contribution < 1.29 is 0 Å². The lowest BCUT2D eigenvalue weighted by atomic mass is 10.0. The number of nitrogens with one attached hydrogen (secondary N) is 1. The molecule has 0 radical (unpaired) electrons.